The van der Waals surface area contributed by atoms with Crippen LogP contribution in [0.3, 0.4) is 0 Å². The molecule has 2 amide bonds. The molecule has 2 rings (SSSR count). The van der Waals surface area contributed by atoms with Crippen LogP contribution in [0.5, 0.6) is 0 Å². The maximum atomic E-state index is 12.4. The van der Waals surface area contributed by atoms with Crippen molar-refractivity contribution in [3.05, 3.63) is 71.8 Å². The number of nitrogens with zero attached hydrogens (tertiary/aromatic N) is 2. The van der Waals surface area contributed by atoms with Crippen molar-refractivity contribution in [2.75, 3.05) is 14.1 Å². The van der Waals surface area contributed by atoms with Crippen LogP contribution in [0.4, 0.5) is 4.79 Å². The van der Waals surface area contributed by atoms with Gasteiger partial charge in [-0.1, -0.05) is 98.9 Å². The van der Waals surface area contributed by atoms with Crippen LogP contribution >= 0.6 is 24.4 Å². The summed E-state index contributed by atoms with van der Waals surface area (Å²) in [7, 11) is 3.58. The summed E-state index contributed by atoms with van der Waals surface area (Å²) < 4.78 is 0. The average Bonchev–Trinajstić information content (AvgIpc) is 2.79. The molecule has 0 saturated heterocycles. The highest BCUT2D eigenvalue weighted by molar-refractivity contribution is 7.81. The van der Waals surface area contributed by atoms with E-state index in [2.05, 4.69) is 10.9 Å². The van der Waals surface area contributed by atoms with Crippen molar-refractivity contribution in [2.45, 2.75) is 39.8 Å². The quantitative estimate of drug-likeness (QED) is 0.353. The highest BCUT2D eigenvalue weighted by Crippen LogP contribution is 2.09. The van der Waals surface area contributed by atoms with Gasteiger partial charge in [-0.3, -0.25) is 10.9 Å². The second-order valence-corrected chi connectivity index (χ2v) is 7.47. The summed E-state index contributed by atoms with van der Waals surface area (Å²) in [6.07, 6.45) is 0. The highest BCUT2D eigenvalue weighted by Gasteiger charge is 2.21. The van der Waals surface area contributed by atoms with Crippen LogP contribution in [-0.2, 0) is 0 Å². The van der Waals surface area contributed by atoms with Gasteiger partial charge in [0.2, 0.25) is 0 Å². The van der Waals surface area contributed by atoms with E-state index in [1.165, 1.54) is 0 Å². The molecule has 0 radical (unpaired) electrons. The van der Waals surface area contributed by atoms with E-state index in [0.717, 1.165) is 20.9 Å². The monoisotopic (exact) mass is 444 g/mol. The Balaban J connectivity index is 0.00000218. The summed E-state index contributed by atoms with van der Waals surface area (Å²) in [5, 5.41) is 3.39. The van der Waals surface area contributed by atoms with E-state index in [-0.39, 0.29) is 18.1 Å². The summed E-state index contributed by atoms with van der Waals surface area (Å²) in [4.78, 5) is 13.9. The molecule has 30 heavy (non-hydrogen) atoms. The van der Waals surface area contributed by atoms with Crippen molar-refractivity contribution in [3.63, 3.8) is 0 Å². The maximum Gasteiger partial charge on any atom is 0.343 e. The van der Waals surface area contributed by atoms with E-state index in [1.54, 1.807) is 24.1 Å². The zero-order valence-corrected chi connectivity index (χ0v) is 20.2. The molecule has 0 heterocycles. The molecule has 0 aromatic heterocycles. The number of carbonyl (C=O) groups is 1. The van der Waals surface area contributed by atoms with Gasteiger partial charge in [0, 0.05) is 23.8 Å². The smallest absolute Gasteiger partial charge is 0.269 e. The molecule has 2 atom stereocenters. The predicted molar refractivity (Wildman–Crippen MR) is 134 cm³/mol. The zero-order chi connectivity index (χ0) is 22.7. The third-order valence-electron chi connectivity index (χ3n) is 4.59. The number of likely N-dealkylation sites (N-methyl/N-ethyl adjacent to an activating group) is 2. The van der Waals surface area contributed by atoms with E-state index < -0.39 is 0 Å². The van der Waals surface area contributed by atoms with Gasteiger partial charge in [-0.2, -0.15) is 0 Å². The van der Waals surface area contributed by atoms with Gasteiger partial charge in [0.1, 0.15) is 0 Å². The van der Waals surface area contributed by atoms with E-state index in [4.69, 9.17) is 24.4 Å². The molecule has 0 aliphatic heterocycles. The Morgan fingerprint density at radius 3 is 1.33 bits per heavy atom. The van der Waals surface area contributed by atoms with Crippen molar-refractivity contribution in [1.82, 2.24) is 20.9 Å². The SMILES string of the molecule is CC.CC(C(=S)c1ccccc1)N(C)NC(=O)NN(C)C(C)C(=S)c1ccccc1. The number of nitrogens with one attached hydrogen (secondary N) is 2. The first-order valence-corrected chi connectivity index (χ1v) is 10.8. The molecular weight excluding hydrogens is 412 g/mol. The number of urea groups is 1. The predicted octanol–water partition coefficient (Wildman–Crippen LogP) is 4.62. The second-order valence-electron chi connectivity index (χ2n) is 6.59. The number of benzene rings is 2. The lowest BCUT2D eigenvalue weighted by Gasteiger charge is -2.30. The summed E-state index contributed by atoms with van der Waals surface area (Å²) in [6, 6.07) is 18.9. The number of hydrogen-bond acceptors (Lipinski definition) is 5. The van der Waals surface area contributed by atoms with Gasteiger partial charge >= 0.3 is 6.03 Å². The first-order chi connectivity index (χ1) is 14.3. The maximum absolute atomic E-state index is 12.4. The van der Waals surface area contributed by atoms with Crippen LogP contribution in [0, 0.1) is 0 Å². The van der Waals surface area contributed by atoms with Gasteiger partial charge in [-0.05, 0) is 25.0 Å². The largest absolute Gasteiger partial charge is 0.343 e. The van der Waals surface area contributed by atoms with Gasteiger partial charge in [0.25, 0.3) is 0 Å². The van der Waals surface area contributed by atoms with Crippen molar-refractivity contribution in [3.8, 4) is 0 Å². The minimum atomic E-state index is -0.351. The van der Waals surface area contributed by atoms with Crippen molar-refractivity contribution in [1.29, 1.82) is 0 Å². The molecule has 0 fully saturated rings. The fourth-order valence-electron chi connectivity index (χ4n) is 2.58. The third-order valence-corrected chi connectivity index (χ3v) is 5.75. The standard InChI is InChI=1S/C21H26N4OS2.C2H6/c1-15(19(27)17-11-7-5-8-12-17)24(3)22-21(26)23-25(4)16(2)20(28)18-13-9-6-10-14-18;1-2/h5-16H,1-4H3,(H2,22,23,26);1-2H3. The van der Waals surface area contributed by atoms with Crippen LogP contribution in [0.15, 0.2) is 60.7 Å². The average molecular weight is 445 g/mol. The Morgan fingerprint density at radius 1 is 0.733 bits per heavy atom. The molecule has 2 unspecified atom stereocenters. The summed E-state index contributed by atoms with van der Waals surface area (Å²) in [5.74, 6) is 0. The normalized spacial score (nSPS) is 12.4. The van der Waals surface area contributed by atoms with Gasteiger partial charge in [0.05, 0.1) is 12.1 Å². The Kier molecular flexibility index (Phi) is 11.4. The zero-order valence-electron chi connectivity index (χ0n) is 18.5. The van der Waals surface area contributed by atoms with Gasteiger partial charge < -0.3 is 0 Å². The lowest BCUT2D eigenvalue weighted by atomic mass is 10.1. The molecule has 2 N–H and O–H groups in total. The van der Waals surface area contributed by atoms with Crippen molar-refractivity contribution < 1.29 is 4.79 Å². The molecule has 0 bridgehead atoms. The van der Waals surface area contributed by atoms with Crippen molar-refractivity contribution in [2.24, 2.45) is 0 Å². The minimum Gasteiger partial charge on any atom is -0.269 e. The molecule has 5 nitrogen and oxygen atoms in total. The molecule has 7 heteroatoms. The number of hydrogen-bond donors (Lipinski definition) is 2. The minimum absolute atomic E-state index is 0.142. The topological polar surface area (TPSA) is 47.6 Å². The van der Waals surface area contributed by atoms with Crippen LogP contribution in [0.25, 0.3) is 0 Å². The van der Waals surface area contributed by atoms with Gasteiger partial charge in [0.15, 0.2) is 0 Å². The molecule has 162 valence electrons. The number of thiocarbonyl (C=S) groups is 2. The molecule has 0 aliphatic rings. The number of hydrazine groups is 2. The fourth-order valence-corrected chi connectivity index (χ4v) is 3.17. The van der Waals surface area contributed by atoms with Crippen LogP contribution in [-0.4, -0.2) is 52.0 Å². The highest BCUT2D eigenvalue weighted by atomic mass is 32.1. The van der Waals surface area contributed by atoms with E-state index >= 15 is 0 Å². The Bertz CT molecular complexity index is 747. The van der Waals surface area contributed by atoms with E-state index in [0.29, 0.717) is 0 Å². The second kappa shape index (κ2) is 13.2. The van der Waals surface area contributed by atoms with Crippen LogP contribution < -0.4 is 10.9 Å². The molecule has 0 saturated carbocycles. The van der Waals surface area contributed by atoms with E-state index in [1.807, 2.05) is 88.4 Å². The Labute approximate surface area is 191 Å². The van der Waals surface area contributed by atoms with Crippen molar-refractivity contribution >= 4 is 40.2 Å². The number of rotatable bonds is 8. The van der Waals surface area contributed by atoms with Gasteiger partial charge in [-0.25, -0.2) is 14.8 Å². The number of carbonyl (C=O) groups excluding carboxylic acids is 1. The molecule has 0 spiro atoms. The van der Waals surface area contributed by atoms with Crippen LogP contribution in [0.2, 0.25) is 0 Å². The van der Waals surface area contributed by atoms with Gasteiger partial charge in [-0.15, -0.1) is 0 Å². The first-order valence-electron chi connectivity index (χ1n) is 10.0. The summed E-state index contributed by atoms with van der Waals surface area (Å²) in [5.41, 5.74) is 7.55. The first kappa shape index (κ1) is 25.8. The number of amides is 2. The van der Waals surface area contributed by atoms with E-state index in [9.17, 15) is 4.79 Å². The molecular formula is C23H32N4OS2. The lowest BCUT2D eigenvalue weighted by Crippen LogP contribution is -2.56. The molecule has 0 aliphatic carbocycles. The third kappa shape index (κ3) is 7.57. The Hall–Kier alpha value is -2.19. The fraction of sp³-hybridized carbons (Fsp3) is 0.348. The summed E-state index contributed by atoms with van der Waals surface area (Å²) >= 11 is 11.1. The molecule has 2 aromatic rings. The molecule has 2 aromatic carbocycles. The Morgan fingerprint density at radius 2 is 1.03 bits per heavy atom. The lowest BCUT2D eigenvalue weighted by molar-refractivity contribution is 0.156. The summed E-state index contributed by atoms with van der Waals surface area (Å²) in [6.45, 7) is 7.90. The van der Waals surface area contributed by atoms with Crippen LogP contribution in [0.1, 0.15) is 38.8 Å².